The molecule has 7 nitrogen and oxygen atoms in total. The topological polar surface area (TPSA) is 83.4 Å². The van der Waals surface area contributed by atoms with Gasteiger partial charge in [-0.15, -0.1) is 0 Å². The number of esters is 1. The van der Waals surface area contributed by atoms with E-state index in [2.05, 4.69) is 25.8 Å². The third-order valence-electron chi connectivity index (χ3n) is 8.68. The Bertz CT molecular complexity index is 1540. The Morgan fingerprint density at radius 3 is 2.41 bits per heavy atom. The van der Waals surface area contributed by atoms with E-state index in [1.807, 2.05) is 36.4 Å². The molecule has 2 bridgehead atoms. The molecule has 2 aliphatic carbocycles. The predicted octanol–water partition coefficient (Wildman–Crippen LogP) is 4.84. The van der Waals surface area contributed by atoms with E-state index in [-0.39, 0.29) is 18.2 Å². The molecule has 3 aliphatic rings. The van der Waals surface area contributed by atoms with Crippen molar-refractivity contribution >= 4 is 27.9 Å². The number of hydrogen-bond donors (Lipinski definition) is 0. The van der Waals surface area contributed by atoms with Crippen molar-refractivity contribution < 1.29 is 19.0 Å². The van der Waals surface area contributed by atoms with Gasteiger partial charge < -0.3 is 14.2 Å². The fourth-order valence-corrected chi connectivity index (χ4v) is 6.29. The lowest BCUT2D eigenvalue weighted by atomic mass is 9.64. The van der Waals surface area contributed by atoms with Crippen molar-refractivity contribution in [2.24, 2.45) is 5.41 Å². The van der Waals surface area contributed by atoms with Crippen LogP contribution in [0.25, 0.3) is 21.9 Å². The van der Waals surface area contributed by atoms with Gasteiger partial charge >= 0.3 is 5.97 Å². The van der Waals surface area contributed by atoms with Gasteiger partial charge in [-0.1, -0.05) is 39.0 Å². The fraction of sp³-hybridized carbons (Fsp3) is 0.333. The zero-order valence-electron chi connectivity index (χ0n) is 19.2. The molecule has 7 heteroatoms. The van der Waals surface area contributed by atoms with Crippen LogP contribution in [0.1, 0.15) is 45.0 Å². The molecule has 0 spiro atoms. The lowest BCUT2D eigenvalue weighted by molar-refractivity contribution is -0.145. The number of carbonyl (C=O) groups excluding carboxylic acids is 1. The van der Waals surface area contributed by atoms with Crippen LogP contribution in [-0.2, 0) is 15.6 Å². The van der Waals surface area contributed by atoms with Crippen molar-refractivity contribution in [1.29, 1.82) is 0 Å². The lowest BCUT2D eigenvalue weighted by Gasteiger charge is -2.38. The number of benzene rings is 2. The highest BCUT2D eigenvalue weighted by molar-refractivity contribution is 5.93. The molecule has 34 heavy (non-hydrogen) atoms. The first kappa shape index (κ1) is 19.7. The normalized spacial score (nSPS) is 25.6. The van der Waals surface area contributed by atoms with Gasteiger partial charge in [-0.3, -0.25) is 9.78 Å². The molecule has 7 rings (SSSR count). The van der Waals surface area contributed by atoms with Crippen molar-refractivity contribution in [2.45, 2.75) is 44.4 Å². The van der Waals surface area contributed by atoms with Gasteiger partial charge in [0.25, 0.3) is 0 Å². The third-order valence-corrected chi connectivity index (χ3v) is 8.68. The lowest BCUT2D eigenvalue weighted by Crippen LogP contribution is -2.48. The molecule has 0 saturated heterocycles. The first-order chi connectivity index (χ1) is 16.3. The van der Waals surface area contributed by atoms with Crippen LogP contribution in [0, 0.1) is 5.41 Å². The van der Waals surface area contributed by atoms with Gasteiger partial charge in [0.2, 0.25) is 6.79 Å². The van der Waals surface area contributed by atoms with Crippen LogP contribution < -0.4 is 14.2 Å². The van der Waals surface area contributed by atoms with Gasteiger partial charge in [-0.05, 0) is 30.4 Å². The Hall–Kier alpha value is -3.74. The zero-order chi connectivity index (χ0) is 23.3. The van der Waals surface area contributed by atoms with Crippen molar-refractivity contribution in [2.75, 3.05) is 6.79 Å². The Balaban J connectivity index is 1.41. The van der Waals surface area contributed by atoms with Crippen LogP contribution in [0.4, 0.5) is 0 Å². The van der Waals surface area contributed by atoms with Crippen molar-refractivity contribution in [3.05, 3.63) is 60.0 Å². The highest BCUT2D eigenvalue weighted by Crippen LogP contribution is 2.70. The van der Waals surface area contributed by atoms with Crippen LogP contribution in [0.5, 0.6) is 17.2 Å². The number of fused-ring (bicyclic) bond motifs is 8. The molecule has 2 atom stereocenters. The molecular weight excluding hydrogens is 430 g/mol. The zero-order valence-corrected chi connectivity index (χ0v) is 19.2. The molecule has 2 unspecified atom stereocenters. The molecule has 0 N–H and O–H groups in total. The van der Waals surface area contributed by atoms with E-state index in [4.69, 9.17) is 24.2 Å². The Labute approximate surface area is 196 Å². The smallest absolute Gasteiger partial charge is 0.324 e. The van der Waals surface area contributed by atoms with Gasteiger partial charge in [0, 0.05) is 29.1 Å². The van der Waals surface area contributed by atoms with Crippen LogP contribution in [0.3, 0.4) is 0 Å². The first-order valence-corrected chi connectivity index (χ1v) is 11.5. The number of nitrogens with zero attached hydrogens (tertiary/aromatic N) is 3. The monoisotopic (exact) mass is 453 g/mol. The second-order valence-corrected chi connectivity index (χ2v) is 10.2. The SMILES string of the molecule is CC12CCC(C(=O)Oc3cccc4cccnc34)(c3nc4cc5c(cc4nc31)OCO5)C2(C)C. The Kier molecular flexibility index (Phi) is 3.61. The maximum atomic E-state index is 14.1. The van der Waals surface area contributed by atoms with Gasteiger partial charge in [0.05, 0.1) is 22.4 Å². The number of aromatic nitrogens is 3. The summed E-state index contributed by atoms with van der Waals surface area (Å²) in [5, 5.41) is 0.925. The summed E-state index contributed by atoms with van der Waals surface area (Å²) < 4.78 is 17.2. The first-order valence-electron chi connectivity index (χ1n) is 11.5. The van der Waals surface area contributed by atoms with E-state index >= 15 is 0 Å². The van der Waals surface area contributed by atoms with Gasteiger partial charge in [-0.2, -0.15) is 0 Å². The largest absolute Gasteiger partial charge is 0.454 e. The summed E-state index contributed by atoms with van der Waals surface area (Å²) >= 11 is 0. The molecule has 0 amide bonds. The quantitative estimate of drug-likeness (QED) is 0.317. The van der Waals surface area contributed by atoms with Crippen molar-refractivity contribution in [3.8, 4) is 17.2 Å². The molecule has 170 valence electrons. The van der Waals surface area contributed by atoms with Gasteiger partial charge in [-0.25, -0.2) is 9.97 Å². The second kappa shape index (κ2) is 6.23. The molecule has 2 aromatic heterocycles. The number of para-hydroxylation sites is 1. The van der Waals surface area contributed by atoms with E-state index in [9.17, 15) is 4.79 Å². The molecule has 1 saturated carbocycles. The summed E-state index contributed by atoms with van der Waals surface area (Å²) in [5.74, 6) is 1.49. The summed E-state index contributed by atoms with van der Waals surface area (Å²) in [7, 11) is 0. The van der Waals surface area contributed by atoms with E-state index < -0.39 is 10.8 Å². The second-order valence-electron chi connectivity index (χ2n) is 10.2. The predicted molar refractivity (Wildman–Crippen MR) is 125 cm³/mol. The summed E-state index contributed by atoms with van der Waals surface area (Å²) in [6, 6.07) is 13.2. The standard InChI is InChI=1S/C27H23N3O4/c1-25(2)26(3)9-10-27(25,24(31)34-18-8-4-6-15-7-5-11-28-21(15)18)23-22(26)29-16-12-19-20(33-14-32-19)13-17(16)30-23/h4-8,11-13H,9-10,14H2,1-3H3. The summed E-state index contributed by atoms with van der Waals surface area (Å²) in [6.07, 6.45) is 3.20. The number of ether oxygens (including phenoxy) is 3. The minimum absolute atomic E-state index is 0.186. The van der Waals surface area contributed by atoms with Crippen LogP contribution in [0.2, 0.25) is 0 Å². The summed E-state index contributed by atoms with van der Waals surface area (Å²) in [6.45, 7) is 6.66. The maximum absolute atomic E-state index is 14.1. The minimum atomic E-state index is -0.911. The summed E-state index contributed by atoms with van der Waals surface area (Å²) in [4.78, 5) is 28.7. The average molecular weight is 453 g/mol. The van der Waals surface area contributed by atoms with Crippen LogP contribution >= 0.6 is 0 Å². The number of pyridine rings is 1. The maximum Gasteiger partial charge on any atom is 0.324 e. The molecule has 1 aliphatic heterocycles. The molecule has 2 aromatic carbocycles. The minimum Gasteiger partial charge on any atom is -0.454 e. The van der Waals surface area contributed by atoms with E-state index in [1.54, 1.807) is 12.3 Å². The average Bonchev–Trinajstić information content (AvgIpc) is 3.41. The summed E-state index contributed by atoms with van der Waals surface area (Å²) in [5.41, 5.74) is 2.04. The van der Waals surface area contributed by atoms with Gasteiger partial charge in [0.1, 0.15) is 10.9 Å². The molecule has 3 heterocycles. The number of rotatable bonds is 2. The molecule has 0 radical (unpaired) electrons. The Morgan fingerprint density at radius 2 is 1.65 bits per heavy atom. The Morgan fingerprint density at radius 1 is 0.941 bits per heavy atom. The molecule has 4 aromatic rings. The number of hydrogen-bond acceptors (Lipinski definition) is 7. The van der Waals surface area contributed by atoms with Crippen LogP contribution in [0.15, 0.2) is 48.7 Å². The molecular formula is C27H23N3O4. The van der Waals surface area contributed by atoms with Crippen molar-refractivity contribution in [1.82, 2.24) is 15.0 Å². The fourth-order valence-electron chi connectivity index (χ4n) is 6.29. The van der Waals surface area contributed by atoms with E-state index in [1.165, 1.54) is 0 Å². The molecule has 1 fully saturated rings. The van der Waals surface area contributed by atoms with Gasteiger partial charge in [0.15, 0.2) is 17.2 Å². The van der Waals surface area contributed by atoms with Crippen LogP contribution in [-0.4, -0.2) is 27.7 Å². The number of carbonyl (C=O) groups is 1. The van der Waals surface area contributed by atoms with Crippen molar-refractivity contribution in [3.63, 3.8) is 0 Å². The highest BCUT2D eigenvalue weighted by Gasteiger charge is 2.74. The van der Waals surface area contributed by atoms with E-state index in [0.29, 0.717) is 34.7 Å². The van der Waals surface area contributed by atoms with E-state index in [0.717, 1.165) is 28.7 Å². The highest BCUT2D eigenvalue weighted by atomic mass is 16.7. The third kappa shape index (κ3) is 2.18.